The summed E-state index contributed by atoms with van der Waals surface area (Å²) in [7, 11) is 1.39. The Morgan fingerprint density at radius 2 is 1.85 bits per heavy atom. The van der Waals surface area contributed by atoms with Gasteiger partial charge in [0.05, 0.1) is 31.4 Å². The fraction of sp³-hybridized carbons (Fsp3) is 0.227. The van der Waals surface area contributed by atoms with Crippen molar-refractivity contribution in [3.63, 3.8) is 0 Å². The van der Waals surface area contributed by atoms with Crippen LogP contribution in [-0.2, 0) is 20.8 Å². The standard InChI is InChI=1S/C22H21NO4/c1-25-22(24)19-13-23(20-10-6-5-9-18(19)20)21-12-11-17(27-21)15-26-14-16-7-3-2-4-8-16/h2-13,17,21H,14-15H2,1H3/t17-,21+/m0/s1. The van der Waals surface area contributed by atoms with Gasteiger partial charge < -0.3 is 18.8 Å². The molecule has 138 valence electrons. The van der Waals surface area contributed by atoms with Crippen molar-refractivity contribution < 1.29 is 19.0 Å². The van der Waals surface area contributed by atoms with Crippen LogP contribution in [0.3, 0.4) is 0 Å². The van der Waals surface area contributed by atoms with E-state index in [0.29, 0.717) is 18.8 Å². The van der Waals surface area contributed by atoms with Gasteiger partial charge in [-0.1, -0.05) is 54.6 Å². The number of ether oxygens (including phenoxy) is 3. The number of esters is 1. The molecule has 4 rings (SSSR count). The summed E-state index contributed by atoms with van der Waals surface area (Å²) in [5.74, 6) is -0.352. The molecule has 2 atom stereocenters. The molecule has 5 nitrogen and oxygen atoms in total. The van der Waals surface area contributed by atoms with Crippen LogP contribution in [0.25, 0.3) is 10.9 Å². The molecule has 0 fully saturated rings. The van der Waals surface area contributed by atoms with Gasteiger partial charge in [-0.15, -0.1) is 0 Å². The zero-order valence-corrected chi connectivity index (χ0v) is 15.1. The second kappa shape index (κ2) is 7.78. The van der Waals surface area contributed by atoms with Crippen LogP contribution in [0.2, 0.25) is 0 Å². The summed E-state index contributed by atoms with van der Waals surface area (Å²) in [6.45, 7) is 1.03. The van der Waals surface area contributed by atoms with E-state index >= 15 is 0 Å². The van der Waals surface area contributed by atoms with Crippen LogP contribution in [0, 0.1) is 0 Å². The van der Waals surface area contributed by atoms with Gasteiger partial charge in [0.25, 0.3) is 0 Å². The Labute approximate surface area is 157 Å². The van der Waals surface area contributed by atoms with Crippen molar-refractivity contribution in [2.24, 2.45) is 0 Å². The number of benzene rings is 2. The molecule has 0 unspecified atom stereocenters. The first-order valence-corrected chi connectivity index (χ1v) is 8.89. The summed E-state index contributed by atoms with van der Waals surface area (Å²) < 4.78 is 18.7. The average Bonchev–Trinajstić information content (AvgIpc) is 3.33. The third-order valence-electron chi connectivity index (χ3n) is 4.62. The van der Waals surface area contributed by atoms with Gasteiger partial charge in [0.15, 0.2) is 6.23 Å². The predicted octanol–water partition coefficient (Wildman–Crippen LogP) is 4.10. The van der Waals surface area contributed by atoms with Crippen molar-refractivity contribution in [3.05, 3.63) is 84.1 Å². The zero-order valence-electron chi connectivity index (χ0n) is 15.1. The molecule has 0 saturated heterocycles. The number of aromatic nitrogens is 1. The molecule has 0 aliphatic carbocycles. The number of rotatable bonds is 6. The molecule has 0 bridgehead atoms. The molecule has 0 radical (unpaired) electrons. The third kappa shape index (κ3) is 3.65. The topological polar surface area (TPSA) is 49.7 Å². The number of methoxy groups -OCH3 is 1. The maximum Gasteiger partial charge on any atom is 0.340 e. The first kappa shape index (κ1) is 17.5. The molecular formula is C22H21NO4. The van der Waals surface area contributed by atoms with Crippen molar-refractivity contribution in [3.8, 4) is 0 Å². The van der Waals surface area contributed by atoms with Crippen LogP contribution in [0.5, 0.6) is 0 Å². The van der Waals surface area contributed by atoms with E-state index in [-0.39, 0.29) is 18.3 Å². The minimum absolute atomic E-state index is 0.124. The number of para-hydroxylation sites is 1. The molecule has 27 heavy (non-hydrogen) atoms. The summed E-state index contributed by atoms with van der Waals surface area (Å²) in [6.07, 6.45) is 5.38. The number of hydrogen-bond acceptors (Lipinski definition) is 4. The van der Waals surface area contributed by atoms with Crippen LogP contribution >= 0.6 is 0 Å². The van der Waals surface area contributed by atoms with Crippen LogP contribution in [0.15, 0.2) is 72.9 Å². The molecule has 1 aromatic heterocycles. The molecule has 0 saturated carbocycles. The molecule has 0 spiro atoms. The Kier molecular flexibility index (Phi) is 5.05. The number of carbonyl (C=O) groups is 1. The molecule has 0 amide bonds. The highest BCUT2D eigenvalue weighted by Crippen LogP contribution is 2.30. The van der Waals surface area contributed by atoms with E-state index in [0.717, 1.165) is 16.5 Å². The highest BCUT2D eigenvalue weighted by molar-refractivity contribution is 6.04. The summed E-state index contributed by atoms with van der Waals surface area (Å²) in [6, 6.07) is 17.8. The van der Waals surface area contributed by atoms with Crippen molar-refractivity contribution in [1.82, 2.24) is 4.57 Å². The van der Waals surface area contributed by atoms with E-state index in [1.54, 1.807) is 6.20 Å². The van der Waals surface area contributed by atoms with Crippen LogP contribution < -0.4 is 0 Å². The summed E-state index contributed by atoms with van der Waals surface area (Å²) in [5.41, 5.74) is 2.60. The number of nitrogens with zero attached hydrogens (tertiary/aromatic N) is 1. The lowest BCUT2D eigenvalue weighted by Gasteiger charge is -2.17. The first-order chi connectivity index (χ1) is 13.3. The average molecular weight is 363 g/mol. The Morgan fingerprint density at radius 3 is 2.67 bits per heavy atom. The number of carbonyl (C=O) groups excluding carboxylic acids is 1. The maximum atomic E-state index is 12.1. The summed E-state index contributed by atoms with van der Waals surface area (Å²) in [5, 5.41) is 0.852. The lowest BCUT2D eigenvalue weighted by Crippen LogP contribution is -2.17. The Morgan fingerprint density at radius 1 is 1.07 bits per heavy atom. The van der Waals surface area contributed by atoms with Gasteiger partial charge in [-0.25, -0.2) is 4.79 Å². The summed E-state index contributed by atoms with van der Waals surface area (Å²) in [4.78, 5) is 12.1. The van der Waals surface area contributed by atoms with Gasteiger partial charge in [-0.3, -0.25) is 0 Å². The van der Waals surface area contributed by atoms with Gasteiger partial charge in [-0.2, -0.15) is 0 Å². The van der Waals surface area contributed by atoms with Crippen molar-refractivity contribution in [2.45, 2.75) is 18.9 Å². The van der Waals surface area contributed by atoms with Gasteiger partial charge >= 0.3 is 5.97 Å². The monoisotopic (exact) mass is 363 g/mol. The molecule has 1 aliphatic heterocycles. The normalized spacial score (nSPS) is 18.9. The third-order valence-corrected chi connectivity index (χ3v) is 4.62. The molecule has 2 aromatic carbocycles. The Bertz CT molecular complexity index is 961. The van der Waals surface area contributed by atoms with Gasteiger partial charge in [0.2, 0.25) is 0 Å². The van der Waals surface area contributed by atoms with Crippen LogP contribution in [0.4, 0.5) is 0 Å². The number of fused-ring (bicyclic) bond motifs is 1. The second-order valence-electron chi connectivity index (χ2n) is 6.41. The number of hydrogen-bond donors (Lipinski definition) is 0. The van der Waals surface area contributed by atoms with Gasteiger partial charge in [0.1, 0.15) is 6.10 Å². The molecule has 2 heterocycles. The van der Waals surface area contributed by atoms with Crippen molar-refractivity contribution >= 4 is 16.9 Å². The van der Waals surface area contributed by atoms with Crippen molar-refractivity contribution in [1.29, 1.82) is 0 Å². The van der Waals surface area contributed by atoms with E-state index in [1.807, 2.05) is 71.3 Å². The van der Waals surface area contributed by atoms with Gasteiger partial charge in [-0.05, 0) is 17.7 Å². The quantitative estimate of drug-likeness (QED) is 0.489. The molecular weight excluding hydrogens is 342 g/mol. The van der Waals surface area contributed by atoms with Gasteiger partial charge in [0, 0.05) is 11.6 Å². The Balaban J connectivity index is 1.45. The largest absolute Gasteiger partial charge is 0.465 e. The fourth-order valence-corrected chi connectivity index (χ4v) is 3.30. The van der Waals surface area contributed by atoms with E-state index in [1.165, 1.54) is 7.11 Å². The van der Waals surface area contributed by atoms with E-state index in [4.69, 9.17) is 14.2 Å². The highest BCUT2D eigenvalue weighted by atomic mass is 16.5. The lowest BCUT2D eigenvalue weighted by molar-refractivity contribution is -0.0310. The zero-order chi connectivity index (χ0) is 18.6. The summed E-state index contributed by atoms with van der Waals surface area (Å²) >= 11 is 0. The van der Waals surface area contributed by atoms with E-state index in [2.05, 4.69) is 0 Å². The van der Waals surface area contributed by atoms with Crippen LogP contribution in [-0.4, -0.2) is 30.4 Å². The molecule has 3 aromatic rings. The fourth-order valence-electron chi connectivity index (χ4n) is 3.30. The van der Waals surface area contributed by atoms with Crippen molar-refractivity contribution in [2.75, 3.05) is 13.7 Å². The molecule has 0 N–H and O–H groups in total. The van der Waals surface area contributed by atoms with E-state index in [9.17, 15) is 4.79 Å². The minimum Gasteiger partial charge on any atom is -0.465 e. The second-order valence-corrected chi connectivity index (χ2v) is 6.41. The predicted molar refractivity (Wildman–Crippen MR) is 102 cm³/mol. The maximum absolute atomic E-state index is 12.1. The lowest BCUT2D eigenvalue weighted by atomic mass is 10.2. The molecule has 1 aliphatic rings. The van der Waals surface area contributed by atoms with Crippen LogP contribution in [0.1, 0.15) is 22.1 Å². The first-order valence-electron chi connectivity index (χ1n) is 8.89. The minimum atomic E-state index is -0.352. The Hall–Kier alpha value is -2.89. The highest BCUT2D eigenvalue weighted by Gasteiger charge is 2.24. The molecule has 5 heteroatoms. The SMILES string of the molecule is COC(=O)c1cn([C@H]2C=C[C@@H](COCc3ccccc3)O2)c2ccccc12. The smallest absolute Gasteiger partial charge is 0.340 e. The van der Waals surface area contributed by atoms with E-state index < -0.39 is 0 Å².